The van der Waals surface area contributed by atoms with Crippen LogP contribution in [0.15, 0.2) is 48.5 Å². The number of fused-ring (bicyclic) bond motifs is 7. The summed E-state index contributed by atoms with van der Waals surface area (Å²) < 4.78 is 0. The highest BCUT2D eigenvalue weighted by Crippen LogP contribution is 2.38. The molecule has 0 fully saturated rings. The van der Waals surface area contributed by atoms with Crippen molar-refractivity contribution in [3.63, 3.8) is 0 Å². The first kappa shape index (κ1) is 16.1. The van der Waals surface area contributed by atoms with Crippen molar-refractivity contribution < 1.29 is 0 Å². The van der Waals surface area contributed by atoms with Gasteiger partial charge in [-0.1, -0.05) is 48.5 Å². The van der Waals surface area contributed by atoms with Crippen LogP contribution in [0, 0.1) is 13.8 Å². The van der Waals surface area contributed by atoms with Gasteiger partial charge in [-0.2, -0.15) is 23.5 Å². The van der Waals surface area contributed by atoms with Gasteiger partial charge in [-0.3, -0.25) is 0 Å². The number of benzene rings is 1. The molecule has 122 valence electrons. The molecule has 0 spiro atoms. The lowest BCUT2D eigenvalue weighted by Gasteiger charge is -2.13. The summed E-state index contributed by atoms with van der Waals surface area (Å²) in [5.74, 6) is 4.37. The average Bonchev–Trinajstić information content (AvgIpc) is 2.73. The Morgan fingerprint density at radius 1 is 0.583 bits per heavy atom. The molecule has 0 atom stereocenters. The zero-order chi connectivity index (χ0) is 16.5. The topological polar surface area (TPSA) is 0 Å². The molecule has 0 radical (unpaired) electrons. The van der Waals surface area contributed by atoms with Crippen LogP contribution in [0.2, 0.25) is 0 Å². The maximum Gasteiger partial charge on any atom is 0.0194 e. The SMILES string of the molecule is Cc1cc2c(C)cc1CSCc1cc(c3cccccc1-3)CSC2. The lowest BCUT2D eigenvalue weighted by Crippen LogP contribution is -1.95. The smallest absolute Gasteiger partial charge is 0.0194 e. The Labute approximate surface area is 153 Å². The Morgan fingerprint density at radius 3 is 1.54 bits per heavy atom. The van der Waals surface area contributed by atoms with Gasteiger partial charge < -0.3 is 0 Å². The maximum absolute atomic E-state index is 2.44. The quantitative estimate of drug-likeness (QED) is 0.448. The fraction of sp³-hybridized carbons (Fsp3) is 0.273. The van der Waals surface area contributed by atoms with Gasteiger partial charge in [-0.05, 0) is 58.4 Å². The molecule has 0 aromatic heterocycles. The Morgan fingerprint density at radius 2 is 1.04 bits per heavy atom. The predicted octanol–water partition coefficient (Wildman–Crippen LogP) is 6.59. The van der Waals surface area contributed by atoms with Gasteiger partial charge in [-0.25, -0.2) is 0 Å². The molecule has 24 heavy (non-hydrogen) atoms. The van der Waals surface area contributed by atoms with Crippen molar-refractivity contribution in [1.29, 1.82) is 0 Å². The van der Waals surface area contributed by atoms with Crippen LogP contribution in [-0.4, -0.2) is 0 Å². The van der Waals surface area contributed by atoms with Crippen LogP contribution < -0.4 is 0 Å². The molecule has 4 aliphatic rings. The van der Waals surface area contributed by atoms with Gasteiger partial charge >= 0.3 is 0 Å². The van der Waals surface area contributed by atoms with Crippen molar-refractivity contribution in [3.8, 4) is 11.1 Å². The summed E-state index contributed by atoms with van der Waals surface area (Å²) in [4.78, 5) is 0. The van der Waals surface area contributed by atoms with Gasteiger partial charge in [0.05, 0.1) is 0 Å². The zero-order valence-corrected chi connectivity index (χ0v) is 15.9. The van der Waals surface area contributed by atoms with Gasteiger partial charge in [0.2, 0.25) is 0 Å². The van der Waals surface area contributed by atoms with E-state index in [4.69, 9.17) is 0 Å². The average molecular weight is 351 g/mol. The number of aryl methyl sites for hydroxylation is 2. The second kappa shape index (κ2) is 6.85. The standard InChI is InChI=1S/C22H22S2/c1-15-8-18-12-24-14-20-10-19(13-23-11-17(15)9-16(18)2)21-6-4-3-5-7-22(20)21/h3-10H,11-14H2,1-2H3. The van der Waals surface area contributed by atoms with E-state index in [1.165, 1.54) is 44.5 Å². The first-order chi connectivity index (χ1) is 11.7. The van der Waals surface area contributed by atoms with E-state index in [0.717, 1.165) is 23.0 Å². The number of hydrogen-bond acceptors (Lipinski definition) is 2. The van der Waals surface area contributed by atoms with Crippen molar-refractivity contribution in [2.75, 3.05) is 0 Å². The van der Waals surface area contributed by atoms with E-state index < -0.39 is 0 Å². The molecule has 5 rings (SSSR count). The van der Waals surface area contributed by atoms with Gasteiger partial charge in [0.15, 0.2) is 0 Å². The fourth-order valence-corrected chi connectivity index (χ4v) is 5.68. The third kappa shape index (κ3) is 3.10. The van der Waals surface area contributed by atoms with Gasteiger partial charge in [-0.15, -0.1) is 0 Å². The largest absolute Gasteiger partial charge is 0.152 e. The maximum atomic E-state index is 2.44. The van der Waals surface area contributed by atoms with Crippen LogP contribution in [0.3, 0.4) is 0 Å². The predicted molar refractivity (Wildman–Crippen MR) is 109 cm³/mol. The van der Waals surface area contributed by atoms with E-state index in [2.05, 4.69) is 62.4 Å². The van der Waals surface area contributed by atoms with Crippen LogP contribution in [0.1, 0.15) is 33.4 Å². The van der Waals surface area contributed by atoms with Crippen molar-refractivity contribution in [2.45, 2.75) is 36.9 Å². The fourth-order valence-electron chi connectivity index (χ4n) is 3.50. The second-order valence-electron chi connectivity index (χ2n) is 6.62. The third-order valence-electron chi connectivity index (χ3n) is 4.90. The second-order valence-corrected chi connectivity index (χ2v) is 8.59. The van der Waals surface area contributed by atoms with E-state index in [-0.39, 0.29) is 0 Å². The van der Waals surface area contributed by atoms with E-state index in [1.807, 2.05) is 23.5 Å². The highest BCUT2D eigenvalue weighted by molar-refractivity contribution is 7.98. The molecule has 0 amide bonds. The van der Waals surface area contributed by atoms with Crippen LogP contribution in [-0.2, 0) is 23.0 Å². The minimum Gasteiger partial charge on any atom is -0.152 e. The van der Waals surface area contributed by atoms with E-state index in [9.17, 15) is 0 Å². The lowest BCUT2D eigenvalue weighted by molar-refractivity contribution is 1.21. The van der Waals surface area contributed by atoms with Crippen molar-refractivity contribution >= 4 is 23.5 Å². The Bertz CT molecular complexity index is 783. The number of hydrogen-bond donors (Lipinski definition) is 0. The molecule has 0 saturated heterocycles. The summed E-state index contributed by atoms with van der Waals surface area (Å²) in [6.45, 7) is 4.53. The van der Waals surface area contributed by atoms with E-state index in [1.54, 1.807) is 0 Å². The molecule has 1 aromatic carbocycles. The molecule has 4 bridgehead atoms. The molecule has 0 nitrogen and oxygen atoms in total. The van der Waals surface area contributed by atoms with Crippen LogP contribution >= 0.6 is 23.5 Å². The van der Waals surface area contributed by atoms with Crippen LogP contribution in [0.25, 0.3) is 11.1 Å². The summed E-state index contributed by atoms with van der Waals surface area (Å²) in [7, 11) is 0. The molecule has 2 aliphatic heterocycles. The summed E-state index contributed by atoms with van der Waals surface area (Å²) in [6, 6.07) is 18.3. The monoisotopic (exact) mass is 350 g/mol. The molecule has 2 heterocycles. The van der Waals surface area contributed by atoms with Crippen LogP contribution in [0.5, 0.6) is 0 Å². The number of rotatable bonds is 0. The third-order valence-corrected chi connectivity index (χ3v) is 6.96. The van der Waals surface area contributed by atoms with Gasteiger partial charge in [0.25, 0.3) is 0 Å². The minimum atomic E-state index is 1.09. The van der Waals surface area contributed by atoms with Crippen molar-refractivity contribution in [1.82, 2.24) is 0 Å². The normalized spacial score (nSPS) is 14.9. The number of thioether (sulfide) groups is 2. The zero-order valence-electron chi connectivity index (χ0n) is 14.3. The molecule has 0 unspecified atom stereocenters. The first-order valence-electron chi connectivity index (χ1n) is 8.46. The van der Waals surface area contributed by atoms with Crippen molar-refractivity contribution in [3.05, 3.63) is 81.9 Å². The highest BCUT2D eigenvalue weighted by Gasteiger charge is 2.16. The molecular formula is C22H22S2. The summed E-state index contributed by atoms with van der Waals surface area (Å²) in [5, 5.41) is 0. The molecule has 2 aliphatic carbocycles. The minimum absolute atomic E-state index is 1.09. The Kier molecular flexibility index (Phi) is 4.60. The molecule has 1 aromatic rings. The summed E-state index contributed by atoms with van der Waals surface area (Å²) in [6.07, 6.45) is 0. The molecular weight excluding hydrogens is 328 g/mol. The summed E-state index contributed by atoms with van der Waals surface area (Å²) >= 11 is 4.07. The van der Waals surface area contributed by atoms with E-state index in [0.29, 0.717) is 0 Å². The van der Waals surface area contributed by atoms with Gasteiger partial charge in [0, 0.05) is 23.0 Å². The lowest BCUT2D eigenvalue weighted by atomic mass is 10.0. The highest BCUT2D eigenvalue weighted by atomic mass is 32.2. The molecule has 0 saturated carbocycles. The van der Waals surface area contributed by atoms with Crippen LogP contribution in [0.4, 0.5) is 0 Å². The first-order valence-corrected chi connectivity index (χ1v) is 10.8. The van der Waals surface area contributed by atoms with Gasteiger partial charge in [0.1, 0.15) is 0 Å². The Balaban J connectivity index is 1.74. The van der Waals surface area contributed by atoms with E-state index >= 15 is 0 Å². The molecule has 2 heteroatoms. The van der Waals surface area contributed by atoms with Crippen molar-refractivity contribution in [2.24, 2.45) is 0 Å². The molecule has 0 N–H and O–H groups in total. The summed E-state index contributed by atoms with van der Waals surface area (Å²) in [5.41, 5.74) is 11.7. The Hall–Kier alpha value is -1.38.